The molecule has 5 heteroatoms. The van der Waals surface area contributed by atoms with E-state index < -0.39 is 0 Å². The van der Waals surface area contributed by atoms with Gasteiger partial charge in [-0.25, -0.2) is 9.89 Å². The van der Waals surface area contributed by atoms with Gasteiger partial charge >= 0.3 is 5.69 Å². The fourth-order valence-corrected chi connectivity index (χ4v) is 1.53. The van der Waals surface area contributed by atoms with Crippen LogP contribution in [0.1, 0.15) is 24.4 Å². The van der Waals surface area contributed by atoms with E-state index in [0.29, 0.717) is 12.4 Å². The van der Waals surface area contributed by atoms with Crippen LogP contribution in [0.15, 0.2) is 35.1 Å². The normalized spacial score (nSPS) is 12.6. The lowest BCUT2D eigenvalue weighted by atomic mass is 10.1. The molecule has 1 unspecified atom stereocenters. The summed E-state index contributed by atoms with van der Waals surface area (Å²) in [6, 6.07) is 9.65. The summed E-state index contributed by atoms with van der Waals surface area (Å²) in [5.41, 5.74) is 0.641. The summed E-state index contributed by atoms with van der Waals surface area (Å²) in [7, 11) is 0. The van der Waals surface area contributed by atoms with Crippen molar-refractivity contribution in [3.05, 3.63) is 52.2 Å². The zero-order valence-electron chi connectivity index (χ0n) is 8.93. The molecular weight excluding hydrogens is 206 g/mol. The molecule has 84 valence electrons. The van der Waals surface area contributed by atoms with E-state index in [4.69, 9.17) is 4.74 Å². The van der Waals surface area contributed by atoms with Gasteiger partial charge in [0.05, 0.1) is 0 Å². The molecule has 2 N–H and O–H groups in total. The van der Waals surface area contributed by atoms with E-state index in [0.717, 1.165) is 5.56 Å². The van der Waals surface area contributed by atoms with Gasteiger partial charge in [0.2, 0.25) is 0 Å². The Morgan fingerprint density at radius 1 is 1.38 bits per heavy atom. The fraction of sp³-hybridized carbons (Fsp3) is 0.273. The van der Waals surface area contributed by atoms with Gasteiger partial charge in [-0.2, -0.15) is 5.10 Å². The summed E-state index contributed by atoms with van der Waals surface area (Å²) >= 11 is 0. The monoisotopic (exact) mass is 219 g/mol. The predicted octanol–water partition coefficient (Wildman–Crippen LogP) is 1.22. The van der Waals surface area contributed by atoms with E-state index >= 15 is 0 Å². The first-order valence-corrected chi connectivity index (χ1v) is 5.12. The molecule has 0 saturated carbocycles. The number of rotatable bonds is 4. The number of benzene rings is 1. The molecule has 16 heavy (non-hydrogen) atoms. The lowest BCUT2D eigenvalue weighted by Crippen LogP contribution is -2.09. The molecule has 2 rings (SSSR count). The van der Waals surface area contributed by atoms with E-state index in [1.165, 1.54) is 0 Å². The van der Waals surface area contributed by atoms with Crippen molar-refractivity contribution in [2.24, 2.45) is 0 Å². The van der Waals surface area contributed by atoms with E-state index in [-0.39, 0.29) is 11.8 Å². The van der Waals surface area contributed by atoms with Crippen LogP contribution >= 0.6 is 0 Å². The topological polar surface area (TPSA) is 70.8 Å². The summed E-state index contributed by atoms with van der Waals surface area (Å²) < 4.78 is 5.57. The van der Waals surface area contributed by atoms with Crippen LogP contribution in [0, 0.1) is 0 Å². The van der Waals surface area contributed by atoms with E-state index in [9.17, 15) is 4.79 Å². The summed E-state index contributed by atoms with van der Waals surface area (Å²) in [5, 5.41) is 6.23. The highest BCUT2D eigenvalue weighted by molar-refractivity contribution is 5.22. The number of hydrogen-bond acceptors (Lipinski definition) is 3. The first-order valence-electron chi connectivity index (χ1n) is 5.12. The maximum Gasteiger partial charge on any atom is 0.340 e. The molecule has 0 amide bonds. The third-order valence-corrected chi connectivity index (χ3v) is 2.20. The number of nitrogens with one attached hydrogen (secondary N) is 2. The second-order valence-electron chi connectivity index (χ2n) is 3.31. The van der Waals surface area contributed by atoms with Crippen LogP contribution in [0.5, 0.6) is 0 Å². The zero-order valence-corrected chi connectivity index (χ0v) is 8.93. The van der Waals surface area contributed by atoms with Gasteiger partial charge in [0, 0.05) is 6.61 Å². The Balaban J connectivity index is 2.34. The Kier molecular flexibility index (Phi) is 3.16. The molecule has 1 heterocycles. The zero-order chi connectivity index (χ0) is 11.4. The van der Waals surface area contributed by atoms with Gasteiger partial charge in [-0.1, -0.05) is 30.3 Å². The van der Waals surface area contributed by atoms with Crippen molar-refractivity contribution >= 4 is 0 Å². The molecule has 2 aromatic rings. The minimum absolute atomic E-state index is 0.323. The third-order valence-electron chi connectivity index (χ3n) is 2.20. The van der Waals surface area contributed by atoms with Gasteiger partial charge in [0.25, 0.3) is 0 Å². The summed E-state index contributed by atoms with van der Waals surface area (Å²) in [4.78, 5) is 13.6. The molecule has 0 spiro atoms. The SMILES string of the molecule is CCOC(c1ccccc1)c1n[nH]c(=O)[nH]1. The predicted molar refractivity (Wildman–Crippen MR) is 59.1 cm³/mol. The van der Waals surface area contributed by atoms with Crippen LogP contribution in [0.25, 0.3) is 0 Å². The quantitative estimate of drug-likeness (QED) is 0.812. The average Bonchev–Trinajstić information content (AvgIpc) is 2.74. The highest BCUT2D eigenvalue weighted by atomic mass is 16.5. The second kappa shape index (κ2) is 4.76. The number of aromatic nitrogens is 3. The number of H-pyrrole nitrogens is 2. The largest absolute Gasteiger partial charge is 0.366 e. The lowest BCUT2D eigenvalue weighted by molar-refractivity contribution is 0.0853. The molecule has 0 saturated heterocycles. The number of aromatic amines is 2. The maximum absolute atomic E-state index is 11.0. The van der Waals surface area contributed by atoms with Crippen molar-refractivity contribution in [2.45, 2.75) is 13.0 Å². The minimum atomic E-state index is -0.329. The molecule has 0 radical (unpaired) electrons. The molecule has 1 aromatic carbocycles. The Bertz CT molecular complexity index is 489. The molecule has 0 aliphatic rings. The maximum atomic E-state index is 11.0. The molecule has 0 fully saturated rings. The van der Waals surface area contributed by atoms with Crippen LogP contribution in [-0.4, -0.2) is 21.8 Å². The van der Waals surface area contributed by atoms with E-state index in [2.05, 4.69) is 15.2 Å². The van der Waals surface area contributed by atoms with Crippen molar-refractivity contribution in [3.8, 4) is 0 Å². The molecule has 0 bridgehead atoms. The summed E-state index contributed by atoms with van der Waals surface area (Å²) in [6.07, 6.45) is -0.329. The average molecular weight is 219 g/mol. The van der Waals surface area contributed by atoms with Crippen molar-refractivity contribution < 1.29 is 4.74 Å². The molecule has 0 aliphatic carbocycles. The first-order chi connectivity index (χ1) is 7.81. The van der Waals surface area contributed by atoms with Gasteiger partial charge in [-0.15, -0.1) is 0 Å². The summed E-state index contributed by atoms with van der Waals surface area (Å²) in [6.45, 7) is 2.45. The molecular formula is C11H13N3O2. The van der Waals surface area contributed by atoms with E-state index in [1.807, 2.05) is 37.3 Å². The van der Waals surface area contributed by atoms with Gasteiger partial charge in [-0.3, -0.25) is 4.98 Å². The van der Waals surface area contributed by atoms with Gasteiger partial charge in [0.15, 0.2) is 5.82 Å². The van der Waals surface area contributed by atoms with Crippen LogP contribution in [-0.2, 0) is 4.74 Å². The molecule has 5 nitrogen and oxygen atoms in total. The van der Waals surface area contributed by atoms with Crippen molar-refractivity contribution in [2.75, 3.05) is 6.61 Å². The molecule has 1 aromatic heterocycles. The highest BCUT2D eigenvalue weighted by Crippen LogP contribution is 2.21. The Labute approximate surface area is 92.5 Å². The fourth-order valence-electron chi connectivity index (χ4n) is 1.53. The van der Waals surface area contributed by atoms with Crippen molar-refractivity contribution in [1.29, 1.82) is 0 Å². The molecule has 0 aliphatic heterocycles. The van der Waals surface area contributed by atoms with Crippen molar-refractivity contribution in [3.63, 3.8) is 0 Å². The van der Waals surface area contributed by atoms with Gasteiger partial charge < -0.3 is 4.74 Å². The van der Waals surface area contributed by atoms with Crippen LogP contribution in [0.3, 0.4) is 0 Å². The Morgan fingerprint density at radius 2 is 2.12 bits per heavy atom. The highest BCUT2D eigenvalue weighted by Gasteiger charge is 2.17. The summed E-state index contributed by atoms with van der Waals surface area (Å²) in [5.74, 6) is 0.498. The number of hydrogen-bond donors (Lipinski definition) is 2. The third kappa shape index (κ3) is 2.20. The smallest absolute Gasteiger partial charge is 0.340 e. The van der Waals surface area contributed by atoms with Crippen LogP contribution < -0.4 is 5.69 Å². The second-order valence-corrected chi connectivity index (χ2v) is 3.31. The minimum Gasteiger partial charge on any atom is -0.366 e. The first kappa shape index (κ1) is 10.6. The van der Waals surface area contributed by atoms with Crippen LogP contribution in [0.2, 0.25) is 0 Å². The number of nitrogens with zero attached hydrogens (tertiary/aromatic N) is 1. The van der Waals surface area contributed by atoms with Crippen molar-refractivity contribution in [1.82, 2.24) is 15.2 Å². The number of ether oxygens (including phenoxy) is 1. The van der Waals surface area contributed by atoms with Gasteiger partial charge in [0.1, 0.15) is 6.10 Å². The van der Waals surface area contributed by atoms with Crippen LogP contribution in [0.4, 0.5) is 0 Å². The molecule has 1 atom stereocenters. The Morgan fingerprint density at radius 3 is 2.69 bits per heavy atom. The van der Waals surface area contributed by atoms with E-state index in [1.54, 1.807) is 0 Å². The lowest BCUT2D eigenvalue weighted by Gasteiger charge is -2.14. The Hall–Kier alpha value is -1.88. The standard InChI is InChI=1S/C11H13N3O2/c1-2-16-9(8-6-4-3-5-7-8)10-12-11(15)14-13-10/h3-7,9H,2H2,1H3,(H2,12,13,14,15). The van der Waals surface area contributed by atoms with Gasteiger partial charge in [-0.05, 0) is 12.5 Å².